The molecule has 3 aromatic heterocycles. The average molecular weight is 425 g/mol. The standard InChI is InChI=1S/C24H24N8/c25-15-10-16(26)13-32(12-15)17-5-7-19-22(11-17)30-23(28-19)14-4-6-18-21(9-14)31-24(29-18)20-3-1-2-8-27-20/h1-9,11,15-16H,10,12-13,25-26H2,(H,28,30)(H,29,31). The highest BCUT2D eigenvalue weighted by Gasteiger charge is 2.23. The van der Waals surface area contributed by atoms with Gasteiger partial charge in [-0.15, -0.1) is 0 Å². The summed E-state index contributed by atoms with van der Waals surface area (Å²) < 4.78 is 0. The summed E-state index contributed by atoms with van der Waals surface area (Å²) in [4.78, 5) is 22.9. The number of benzene rings is 2. The lowest BCUT2D eigenvalue weighted by atomic mass is 10.0. The third-order valence-electron chi connectivity index (χ3n) is 6.01. The summed E-state index contributed by atoms with van der Waals surface area (Å²) in [7, 11) is 0. The summed E-state index contributed by atoms with van der Waals surface area (Å²) in [6, 6.07) is 18.4. The van der Waals surface area contributed by atoms with Crippen LogP contribution >= 0.6 is 0 Å². The summed E-state index contributed by atoms with van der Waals surface area (Å²) in [5.74, 6) is 1.57. The quantitative estimate of drug-likeness (QED) is 0.353. The van der Waals surface area contributed by atoms with Crippen molar-refractivity contribution in [2.24, 2.45) is 11.5 Å². The number of H-pyrrole nitrogens is 2. The number of aromatic nitrogens is 5. The van der Waals surface area contributed by atoms with E-state index in [0.29, 0.717) is 0 Å². The zero-order valence-corrected chi connectivity index (χ0v) is 17.5. The number of nitrogens with two attached hydrogens (primary N) is 2. The van der Waals surface area contributed by atoms with Crippen LogP contribution in [0.5, 0.6) is 0 Å². The number of piperidine rings is 1. The van der Waals surface area contributed by atoms with Crippen molar-refractivity contribution in [3.63, 3.8) is 0 Å². The second-order valence-corrected chi connectivity index (χ2v) is 8.48. The van der Waals surface area contributed by atoms with Crippen LogP contribution in [0.3, 0.4) is 0 Å². The van der Waals surface area contributed by atoms with E-state index in [1.807, 2.05) is 36.4 Å². The van der Waals surface area contributed by atoms with Gasteiger partial charge in [0.15, 0.2) is 5.82 Å². The number of fused-ring (bicyclic) bond motifs is 2. The number of hydrogen-bond acceptors (Lipinski definition) is 6. The van der Waals surface area contributed by atoms with Gasteiger partial charge < -0.3 is 26.3 Å². The van der Waals surface area contributed by atoms with E-state index in [1.165, 1.54) is 0 Å². The summed E-state index contributed by atoms with van der Waals surface area (Å²) in [5, 5.41) is 0. The van der Waals surface area contributed by atoms with Crippen LogP contribution in [0.15, 0.2) is 60.8 Å². The van der Waals surface area contributed by atoms with Crippen LogP contribution in [0.1, 0.15) is 6.42 Å². The predicted molar refractivity (Wildman–Crippen MR) is 127 cm³/mol. The maximum Gasteiger partial charge on any atom is 0.157 e. The number of nitrogens with zero attached hydrogens (tertiary/aromatic N) is 4. The van der Waals surface area contributed by atoms with Gasteiger partial charge in [-0.3, -0.25) is 4.98 Å². The van der Waals surface area contributed by atoms with E-state index in [9.17, 15) is 0 Å². The van der Waals surface area contributed by atoms with Crippen LogP contribution in [-0.4, -0.2) is 50.1 Å². The maximum absolute atomic E-state index is 6.18. The van der Waals surface area contributed by atoms with Crippen LogP contribution in [0.25, 0.3) is 45.0 Å². The molecule has 4 heterocycles. The van der Waals surface area contributed by atoms with E-state index < -0.39 is 0 Å². The molecule has 1 aliphatic heterocycles. The fourth-order valence-corrected chi connectivity index (χ4v) is 4.50. The Labute approximate surface area is 184 Å². The van der Waals surface area contributed by atoms with Crippen molar-refractivity contribution < 1.29 is 0 Å². The number of anilines is 1. The monoisotopic (exact) mass is 424 g/mol. The summed E-state index contributed by atoms with van der Waals surface area (Å²) in [6.07, 6.45) is 2.63. The molecule has 160 valence electrons. The number of rotatable bonds is 3. The van der Waals surface area contributed by atoms with Gasteiger partial charge in [-0.05, 0) is 55.0 Å². The number of hydrogen-bond donors (Lipinski definition) is 4. The third-order valence-corrected chi connectivity index (χ3v) is 6.01. The molecule has 32 heavy (non-hydrogen) atoms. The largest absolute Gasteiger partial charge is 0.368 e. The van der Waals surface area contributed by atoms with Crippen molar-refractivity contribution in [3.05, 3.63) is 60.8 Å². The highest BCUT2D eigenvalue weighted by molar-refractivity contribution is 5.86. The van der Waals surface area contributed by atoms with E-state index >= 15 is 0 Å². The number of imidazole rings is 2. The molecular weight excluding hydrogens is 400 g/mol. The van der Waals surface area contributed by atoms with Crippen molar-refractivity contribution in [2.45, 2.75) is 18.5 Å². The van der Waals surface area contributed by atoms with Gasteiger partial charge in [0.2, 0.25) is 0 Å². The zero-order chi connectivity index (χ0) is 21.7. The highest BCUT2D eigenvalue weighted by Crippen LogP contribution is 2.28. The highest BCUT2D eigenvalue weighted by atomic mass is 15.2. The Morgan fingerprint density at radius 2 is 1.53 bits per heavy atom. The molecule has 8 nitrogen and oxygen atoms in total. The van der Waals surface area contributed by atoms with E-state index in [1.54, 1.807) is 6.20 Å². The minimum absolute atomic E-state index is 0.101. The van der Waals surface area contributed by atoms with Crippen molar-refractivity contribution in [1.82, 2.24) is 24.9 Å². The van der Waals surface area contributed by atoms with Gasteiger partial charge in [0.25, 0.3) is 0 Å². The molecule has 0 amide bonds. The fraction of sp³-hybridized carbons (Fsp3) is 0.208. The first-order chi connectivity index (χ1) is 15.6. The van der Waals surface area contributed by atoms with Crippen molar-refractivity contribution >= 4 is 27.8 Å². The molecule has 1 aliphatic rings. The fourth-order valence-electron chi connectivity index (χ4n) is 4.50. The second-order valence-electron chi connectivity index (χ2n) is 8.48. The minimum atomic E-state index is 0.101. The van der Waals surface area contributed by atoms with E-state index in [-0.39, 0.29) is 12.1 Å². The van der Waals surface area contributed by atoms with Gasteiger partial charge in [-0.2, -0.15) is 0 Å². The maximum atomic E-state index is 6.18. The molecule has 1 saturated heterocycles. The van der Waals surface area contributed by atoms with Crippen molar-refractivity contribution in [2.75, 3.05) is 18.0 Å². The molecule has 0 spiro atoms. The molecule has 0 radical (unpaired) electrons. The summed E-state index contributed by atoms with van der Waals surface area (Å²) in [6.45, 7) is 1.63. The van der Waals surface area contributed by atoms with Crippen molar-refractivity contribution in [3.8, 4) is 22.9 Å². The summed E-state index contributed by atoms with van der Waals surface area (Å²) in [5.41, 5.74) is 19.0. The Morgan fingerprint density at radius 3 is 2.31 bits per heavy atom. The Bertz CT molecular complexity index is 1390. The molecule has 0 bridgehead atoms. The van der Waals surface area contributed by atoms with Gasteiger partial charge >= 0.3 is 0 Å². The van der Waals surface area contributed by atoms with Gasteiger partial charge in [0, 0.05) is 42.6 Å². The lowest BCUT2D eigenvalue weighted by molar-refractivity contribution is 0.452. The van der Waals surface area contributed by atoms with Gasteiger partial charge in [-0.1, -0.05) is 6.07 Å². The van der Waals surface area contributed by atoms with Crippen LogP contribution in [0.2, 0.25) is 0 Å². The lowest BCUT2D eigenvalue weighted by Crippen LogP contribution is -2.52. The Hall–Kier alpha value is -3.75. The van der Waals surface area contributed by atoms with E-state index in [2.05, 4.69) is 43.0 Å². The lowest BCUT2D eigenvalue weighted by Gasteiger charge is -2.36. The molecule has 1 fully saturated rings. The molecule has 6 rings (SSSR count). The van der Waals surface area contributed by atoms with Crippen LogP contribution < -0.4 is 16.4 Å². The number of pyridine rings is 1. The van der Waals surface area contributed by atoms with E-state index in [4.69, 9.17) is 16.5 Å². The zero-order valence-electron chi connectivity index (χ0n) is 17.5. The van der Waals surface area contributed by atoms with Crippen LogP contribution in [0, 0.1) is 0 Å². The third kappa shape index (κ3) is 3.39. The Kier molecular flexibility index (Phi) is 4.41. The van der Waals surface area contributed by atoms with Gasteiger partial charge in [-0.25, -0.2) is 9.97 Å². The number of aromatic amines is 2. The first kappa shape index (κ1) is 19.0. The van der Waals surface area contributed by atoms with Crippen molar-refractivity contribution in [1.29, 1.82) is 0 Å². The molecule has 2 atom stereocenters. The van der Waals surface area contributed by atoms with Gasteiger partial charge in [0.1, 0.15) is 11.5 Å². The molecular formula is C24H24N8. The minimum Gasteiger partial charge on any atom is -0.368 e. The molecule has 0 saturated carbocycles. The smallest absolute Gasteiger partial charge is 0.157 e. The Morgan fingerprint density at radius 1 is 0.812 bits per heavy atom. The van der Waals surface area contributed by atoms with Crippen LogP contribution in [-0.2, 0) is 0 Å². The second kappa shape index (κ2) is 7.44. The molecule has 5 aromatic rings. The normalized spacial score (nSPS) is 19.1. The summed E-state index contributed by atoms with van der Waals surface area (Å²) >= 11 is 0. The molecule has 8 heteroatoms. The van der Waals surface area contributed by atoms with E-state index in [0.717, 1.165) is 70.2 Å². The number of nitrogens with one attached hydrogen (secondary N) is 2. The molecule has 0 aliphatic carbocycles. The first-order valence-corrected chi connectivity index (χ1v) is 10.8. The topological polar surface area (TPSA) is 126 Å². The predicted octanol–water partition coefficient (Wildman–Crippen LogP) is 3.03. The molecule has 2 aromatic carbocycles. The Balaban J connectivity index is 1.34. The average Bonchev–Trinajstić information content (AvgIpc) is 3.42. The molecule has 6 N–H and O–H groups in total. The van der Waals surface area contributed by atoms with Gasteiger partial charge in [0.05, 0.1) is 22.1 Å². The van der Waals surface area contributed by atoms with Crippen LogP contribution in [0.4, 0.5) is 5.69 Å². The SMILES string of the molecule is NC1CC(N)CN(c2ccc3nc(-c4ccc5nc(-c6ccccn6)[nH]c5c4)[nH]c3c2)C1. The first-order valence-electron chi connectivity index (χ1n) is 10.8. The molecule has 2 unspecified atom stereocenters.